The number of carboxylic acids is 1. The number of rotatable bonds is 22. The summed E-state index contributed by atoms with van der Waals surface area (Å²) in [5.74, 6) is -3.00. The fourth-order valence-corrected chi connectivity index (χ4v) is 6.31. The maximum absolute atomic E-state index is 14.0. The third-order valence-electron chi connectivity index (χ3n) is 9.55. The molecular weight excluding hydrogens is 676 g/mol. The molecule has 3 rings (SSSR count). The number of piperidine rings is 1. The van der Waals surface area contributed by atoms with E-state index in [0.29, 0.717) is 19.4 Å². The topological polar surface area (TPSA) is 235 Å². The van der Waals surface area contributed by atoms with Crippen molar-refractivity contribution in [1.82, 2.24) is 26.2 Å². The van der Waals surface area contributed by atoms with Gasteiger partial charge in [-0.25, -0.2) is 0 Å². The molecule has 0 aromatic heterocycles. The van der Waals surface area contributed by atoms with Crippen LogP contribution in [0.4, 0.5) is 0 Å². The second kappa shape index (κ2) is 22.0. The molecule has 292 valence electrons. The lowest BCUT2D eigenvalue weighted by Gasteiger charge is -2.38. The summed E-state index contributed by atoms with van der Waals surface area (Å²) in [6.07, 6.45) is 3.50. The summed E-state index contributed by atoms with van der Waals surface area (Å²) < 4.78 is 0. The standard InChI is InChI=1S/C39H60N8O6/c1-27(2)24-32(46-36(50)33(26-29-14-7-4-8-15-29)45-34(48)30(41)25-28-12-5-3-6-13-28)35(49)44-31(16-9-10-20-43-21-11-19-40)37(51)47-22-17-39(42,18-23-47)38(52)53/h3-8,12-15,27,30-33,43H,9-11,16-26,40-42H2,1-2H3,(H,44,49)(H,45,48)(H,46,50)(H,52,53). The van der Waals surface area contributed by atoms with Crippen LogP contribution in [0.25, 0.3) is 0 Å². The van der Waals surface area contributed by atoms with Crippen molar-refractivity contribution in [2.75, 3.05) is 32.7 Å². The van der Waals surface area contributed by atoms with E-state index in [1.165, 1.54) is 0 Å². The van der Waals surface area contributed by atoms with Crippen LogP contribution in [0.5, 0.6) is 0 Å². The van der Waals surface area contributed by atoms with Gasteiger partial charge in [-0.1, -0.05) is 74.5 Å². The SMILES string of the molecule is CC(C)CC(NC(=O)C(Cc1ccccc1)NC(=O)C(N)Cc1ccccc1)C(=O)NC(CCCCNCCCN)C(=O)N1CCC(N)(C(=O)O)CC1. The Morgan fingerprint density at radius 3 is 1.85 bits per heavy atom. The van der Waals surface area contributed by atoms with Crippen molar-refractivity contribution in [3.63, 3.8) is 0 Å². The molecule has 1 aliphatic heterocycles. The summed E-state index contributed by atoms with van der Waals surface area (Å²) in [7, 11) is 0. The van der Waals surface area contributed by atoms with Crippen LogP contribution >= 0.6 is 0 Å². The highest BCUT2D eigenvalue weighted by molar-refractivity contribution is 5.95. The van der Waals surface area contributed by atoms with E-state index in [0.717, 1.165) is 37.1 Å². The number of hydrogen-bond acceptors (Lipinski definition) is 9. The number of hydrogen-bond donors (Lipinski definition) is 8. The molecule has 4 amide bonds. The smallest absolute Gasteiger partial charge is 0.323 e. The Morgan fingerprint density at radius 2 is 1.28 bits per heavy atom. The third-order valence-corrected chi connectivity index (χ3v) is 9.55. The van der Waals surface area contributed by atoms with Crippen LogP contribution in [0.15, 0.2) is 60.7 Å². The molecule has 14 nitrogen and oxygen atoms in total. The van der Waals surface area contributed by atoms with E-state index < -0.39 is 53.4 Å². The first kappa shape index (κ1) is 43.0. The van der Waals surface area contributed by atoms with Crippen molar-refractivity contribution >= 4 is 29.6 Å². The second-order valence-electron chi connectivity index (χ2n) is 14.5. The van der Waals surface area contributed by atoms with Gasteiger partial charge in [0.2, 0.25) is 23.6 Å². The number of benzene rings is 2. The summed E-state index contributed by atoms with van der Waals surface area (Å²) >= 11 is 0. The Morgan fingerprint density at radius 1 is 0.755 bits per heavy atom. The summed E-state index contributed by atoms with van der Waals surface area (Å²) in [6, 6.07) is 14.8. The van der Waals surface area contributed by atoms with Crippen molar-refractivity contribution in [1.29, 1.82) is 0 Å². The molecule has 0 bridgehead atoms. The van der Waals surface area contributed by atoms with Gasteiger partial charge in [0.15, 0.2) is 0 Å². The average Bonchev–Trinajstić information content (AvgIpc) is 3.13. The van der Waals surface area contributed by atoms with Crippen molar-refractivity contribution in [3.05, 3.63) is 71.8 Å². The maximum Gasteiger partial charge on any atom is 0.323 e. The third kappa shape index (κ3) is 14.5. The predicted octanol–water partition coefficient (Wildman–Crippen LogP) is 0.813. The van der Waals surface area contributed by atoms with Crippen molar-refractivity contribution in [2.45, 2.75) is 101 Å². The Bertz CT molecular complexity index is 1450. The number of unbranched alkanes of at least 4 members (excludes halogenated alkanes) is 1. The number of likely N-dealkylation sites (tertiary alicyclic amines) is 1. The van der Waals surface area contributed by atoms with E-state index in [1.807, 2.05) is 74.5 Å². The fourth-order valence-electron chi connectivity index (χ4n) is 6.31. The molecular formula is C39H60N8O6. The second-order valence-corrected chi connectivity index (χ2v) is 14.5. The molecule has 1 saturated heterocycles. The van der Waals surface area contributed by atoms with Gasteiger partial charge in [-0.05, 0) is 88.0 Å². The molecule has 1 aliphatic rings. The van der Waals surface area contributed by atoms with E-state index in [1.54, 1.807) is 4.90 Å². The zero-order valence-corrected chi connectivity index (χ0v) is 31.2. The van der Waals surface area contributed by atoms with E-state index >= 15 is 0 Å². The molecule has 11 N–H and O–H groups in total. The van der Waals surface area contributed by atoms with Crippen LogP contribution in [0.1, 0.15) is 69.9 Å². The minimum atomic E-state index is -1.41. The molecule has 1 heterocycles. The number of carbonyl (C=O) groups is 5. The molecule has 0 saturated carbocycles. The fraction of sp³-hybridized carbons (Fsp3) is 0.564. The number of nitrogens with zero attached hydrogens (tertiary/aromatic N) is 1. The lowest BCUT2D eigenvalue weighted by Crippen LogP contribution is -2.60. The van der Waals surface area contributed by atoms with E-state index in [-0.39, 0.29) is 57.0 Å². The van der Waals surface area contributed by atoms with Crippen LogP contribution in [0.3, 0.4) is 0 Å². The van der Waals surface area contributed by atoms with Gasteiger partial charge < -0.3 is 48.5 Å². The first-order valence-electron chi connectivity index (χ1n) is 18.8. The monoisotopic (exact) mass is 736 g/mol. The van der Waals surface area contributed by atoms with E-state index in [4.69, 9.17) is 17.2 Å². The summed E-state index contributed by atoms with van der Waals surface area (Å²) in [6.45, 7) is 6.24. The lowest BCUT2D eigenvalue weighted by molar-refractivity contribution is -0.148. The molecule has 0 spiro atoms. The van der Waals surface area contributed by atoms with Crippen LogP contribution in [0, 0.1) is 5.92 Å². The zero-order chi connectivity index (χ0) is 38.8. The molecule has 0 radical (unpaired) electrons. The molecule has 4 unspecified atom stereocenters. The van der Waals surface area contributed by atoms with Crippen molar-refractivity contribution < 1.29 is 29.1 Å². The quantitative estimate of drug-likeness (QED) is 0.0793. The van der Waals surface area contributed by atoms with Crippen LogP contribution < -0.4 is 38.5 Å². The Balaban J connectivity index is 1.76. The first-order chi connectivity index (χ1) is 25.3. The van der Waals surface area contributed by atoms with E-state index in [2.05, 4.69) is 21.3 Å². The number of nitrogens with one attached hydrogen (secondary N) is 4. The van der Waals surface area contributed by atoms with Crippen LogP contribution in [0.2, 0.25) is 0 Å². The maximum atomic E-state index is 14.0. The van der Waals surface area contributed by atoms with Crippen molar-refractivity contribution in [3.8, 4) is 0 Å². The van der Waals surface area contributed by atoms with Gasteiger partial charge in [-0.2, -0.15) is 0 Å². The van der Waals surface area contributed by atoms with Gasteiger partial charge in [-0.3, -0.25) is 24.0 Å². The first-order valence-corrected chi connectivity index (χ1v) is 18.8. The number of amides is 4. The van der Waals surface area contributed by atoms with Gasteiger partial charge in [0.05, 0.1) is 6.04 Å². The lowest BCUT2D eigenvalue weighted by atomic mass is 9.88. The highest BCUT2D eigenvalue weighted by Gasteiger charge is 2.40. The van der Waals surface area contributed by atoms with Gasteiger partial charge in [0, 0.05) is 19.5 Å². The molecule has 0 aliphatic carbocycles. The summed E-state index contributed by atoms with van der Waals surface area (Å²) in [5, 5.41) is 21.5. The molecule has 2 aromatic carbocycles. The summed E-state index contributed by atoms with van der Waals surface area (Å²) in [5.41, 5.74) is 18.2. The molecule has 2 aromatic rings. The van der Waals surface area contributed by atoms with Gasteiger partial charge in [0.1, 0.15) is 23.7 Å². The largest absolute Gasteiger partial charge is 0.480 e. The van der Waals surface area contributed by atoms with Crippen LogP contribution in [-0.2, 0) is 36.8 Å². The summed E-state index contributed by atoms with van der Waals surface area (Å²) in [4.78, 5) is 68.4. The minimum Gasteiger partial charge on any atom is -0.480 e. The van der Waals surface area contributed by atoms with Gasteiger partial charge >= 0.3 is 5.97 Å². The minimum absolute atomic E-state index is 0.00274. The highest BCUT2D eigenvalue weighted by atomic mass is 16.4. The Labute approximate surface area is 313 Å². The predicted molar refractivity (Wildman–Crippen MR) is 204 cm³/mol. The van der Waals surface area contributed by atoms with Gasteiger partial charge in [-0.15, -0.1) is 0 Å². The Hall–Kier alpha value is -4.37. The van der Waals surface area contributed by atoms with E-state index in [9.17, 15) is 29.1 Å². The number of nitrogens with two attached hydrogens (primary N) is 3. The number of carbonyl (C=O) groups excluding carboxylic acids is 4. The zero-order valence-electron chi connectivity index (χ0n) is 31.2. The molecule has 4 atom stereocenters. The Kier molecular flexibility index (Phi) is 17.9. The normalized spacial score (nSPS) is 16.2. The highest BCUT2D eigenvalue weighted by Crippen LogP contribution is 2.21. The van der Waals surface area contributed by atoms with Crippen molar-refractivity contribution in [2.24, 2.45) is 23.1 Å². The number of carboxylic acid groups (broad SMARTS) is 1. The van der Waals surface area contributed by atoms with Gasteiger partial charge in [0.25, 0.3) is 0 Å². The van der Waals surface area contributed by atoms with Crippen LogP contribution in [-0.4, -0.2) is 102 Å². The molecule has 1 fully saturated rings. The average molecular weight is 737 g/mol. The molecule has 14 heteroatoms. The number of aliphatic carboxylic acids is 1. The molecule has 53 heavy (non-hydrogen) atoms.